The minimum absolute atomic E-state index is 0.0103. The van der Waals surface area contributed by atoms with Crippen LogP contribution < -0.4 is 11.1 Å². The smallest absolute Gasteiger partial charge is 0.333 e. The van der Waals surface area contributed by atoms with Crippen LogP contribution in [0.15, 0.2) is 11.6 Å². The summed E-state index contributed by atoms with van der Waals surface area (Å²) < 4.78 is 46.9. The molecule has 0 saturated carbocycles. The number of carbonyl (C=O) groups is 2. The highest BCUT2D eigenvalue weighted by Gasteiger charge is 2.35. The molecule has 1 aliphatic carbocycles. The molecule has 0 fully saturated rings. The molecule has 126 valence electrons. The van der Waals surface area contributed by atoms with Crippen molar-refractivity contribution in [1.82, 2.24) is 5.32 Å². The second-order valence-corrected chi connectivity index (χ2v) is 5.32. The molecule has 0 aromatic rings. The molecular formula is C16H28N2O4. The summed E-state index contributed by atoms with van der Waals surface area (Å²) in [4.78, 5) is 23.8. The van der Waals surface area contributed by atoms with Crippen molar-refractivity contribution in [2.45, 2.75) is 71.2 Å². The Hall–Kier alpha value is -1.40. The number of nitrogens with one attached hydrogen (secondary N) is 1. The van der Waals surface area contributed by atoms with E-state index in [2.05, 4.69) is 10.1 Å². The Kier molecular flexibility index (Phi) is 4.89. The molecular weight excluding hydrogens is 284 g/mol. The normalized spacial score (nSPS) is 29.4. The first-order valence-corrected chi connectivity index (χ1v) is 7.44. The van der Waals surface area contributed by atoms with E-state index in [0.29, 0.717) is 12.8 Å². The number of hydrogen-bond acceptors (Lipinski definition) is 5. The zero-order chi connectivity index (χ0) is 21.0. The van der Waals surface area contributed by atoms with Crippen LogP contribution in [-0.2, 0) is 19.1 Å². The second-order valence-electron chi connectivity index (χ2n) is 5.32. The number of amides is 1. The largest absolute Gasteiger partial charge is 0.463 e. The Bertz CT molecular complexity index is 576. The number of carbonyl (C=O) groups excluding carboxylic acids is 2. The van der Waals surface area contributed by atoms with E-state index in [1.807, 2.05) is 13.8 Å². The van der Waals surface area contributed by atoms with E-state index in [0.717, 1.165) is 0 Å². The Morgan fingerprint density at radius 2 is 2.23 bits per heavy atom. The summed E-state index contributed by atoms with van der Waals surface area (Å²) in [6.07, 6.45) is 2.00. The van der Waals surface area contributed by atoms with Crippen LogP contribution in [-0.4, -0.2) is 42.7 Å². The molecule has 1 aliphatic rings. The van der Waals surface area contributed by atoms with Gasteiger partial charge in [-0.25, -0.2) is 4.79 Å². The highest BCUT2D eigenvalue weighted by molar-refractivity contribution is 5.89. The van der Waals surface area contributed by atoms with Gasteiger partial charge in [-0.15, -0.1) is 0 Å². The fraction of sp³-hybridized carbons (Fsp3) is 0.750. The molecule has 1 amide bonds. The van der Waals surface area contributed by atoms with Gasteiger partial charge in [0.2, 0.25) is 5.91 Å². The summed E-state index contributed by atoms with van der Waals surface area (Å²) in [6, 6.07) is -1.25. The molecule has 0 aliphatic heterocycles. The topological polar surface area (TPSA) is 90.6 Å². The SMILES string of the molecule is [2H]C([2H])([2H])C([2H])([2H])OC(=O)C1=C[C@H](OC(CC)CC)[C@@H](NC(C)=O)[C@H](N)C1. The standard InChI is InChI=1S/C16H28N2O4/c1-5-12(6-2)22-14-9-11(16(20)21-7-3)8-13(17)15(14)18-10(4)19/h9,12-15H,5-8,17H2,1-4H3,(H,18,19)/t13-,14+,15+/m1/s1/i3D3,7D2. The van der Waals surface area contributed by atoms with Crippen molar-refractivity contribution in [1.29, 1.82) is 0 Å². The van der Waals surface area contributed by atoms with Crippen LogP contribution in [0, 0.1) is 0 Å². The maximum absolute atomic E-state index is 12.3. The Morgan fingerprint density at radius 1 is 1.55 bits per heavy atom. The van der Waals surface area contributed by atoms with Gasteiger partial charge in [-0.1, -0.05) is 13.8 Å². The van der Waals surface area contributed by atoms with Gasteiger partial charge in [0, 0.05) is 22.7 Å². The molecule has 0 saturated heterocycles. The lowest BCUT2D eigenvalue weighted by molar-refractivity contribution is -0.139. The maximum Gasteiger partial charge on any atom is 0.333 e. The van der Waals surface area contributed by atoms with E-state index in [9.17, 15) is 9.59 Å². The predicted molar refractivity (Wildman–Crippen MR) is 84.2 cm³/mol. The molecule has 22 heavy (non-hydrogen) atoms. The van der Waals surface area contributed by atoms with E-state index < -0.39 is 37.6 Å². The molecule has 0 spiro atoms. The van der Waals surface area contributed by atoms with Crippen molar-refractivity contribution >= 4 is 11.9 Å². The van der Waals surface area contributed by atoms with Crippen LogP contribution in [0.1, 0.15) is 53.7 Å². The summed E-state index contributed by atoms with van der Waals surface area (Å²) in [7, 11) is 0. The molecule has 1 rings (SSSR count). The van der Waals surface area contributed by atoms with Gasteiger partial charge in [0.15, 0.2) is 0 Å². The molecule has 0 heterocycles. The van der Waals surface area contributed by atoms with Crippen molar-refractivity contribution < 1.29 is 25.9 Å². The fourth-order valence-electron chi connectivity index (χ4n) is 2.51. The summed E-state index contributed by atoms with van der Waals surface area (Å²) >= 11 is 0. The molecule has 3 atom stereocenters. The number of rotatable bonds is 7. The van der Waals surface area contributed by atoms with Crippen molar-refractivity contribution in [3.05, 3.63) is 11.6 Å². The molecule has 0 aromatic heterocycles. The van der Waals surface area contributed by atoms with Gasteiger partial charge >= 0.3 is 5.97 Å². The first kappa shape index (κ1) is 12.1. The highest BCUT2D eigenvalue weighted by atomic mass is 16.5. The number of hydrogen-bond donors (Lipinski definition) is 2. The van der Waals surface area contributed by atoms with Gasteiger partial charge in [0.1, 0.15) is 0 Å². The molecule has 0 bridgehead atoms. The first-order valence-electron chi connectivity index (χ1n) is 9.94. The van der Waals surface area contributed by atoms with E-state index in [4.69, 9.17) is 17.3 Å². The van der Waals surface area contributed by atoms with Crippen molar-refractivity contribution in [2.24, 2.45) is 5.73 Å². The Balaban J connectivity index is 3.10. The van der Waals surface area contributed by atoms with Gasteiger partial charge in [-0.05, 0) is 32.2 Å². The van der Waals surface area contributed by atoms with Crippen LogP contribution in [0.3, 0.4) is 0 Å². The predicted octanol–water partition coefficient (Wildman–Crippen LogP) is 1.29. The van der Waals surface area contributed by atoms with Crippen LogP contribution in [0.4, 0.5) is 0 Å². The van der Waals surface area contributed by atoms with Crippen LogP contribution in [0.5, 0.6) is 0 Å². The summed E-state index contributed by atoms with van der Waals surface area (Å²) in [5, 5.41) is 2.72. The molecule has 0 radical (unpaired) electrons. The quantitative estimate of drug-likeness (QED) is 0.690. The third kappa shape index (κ3) is 5.10. The molecule has 0 aromatic carbocycles. The van der Waals surface area contributed by atoms with Crippen LogP contribution in [0.2, 0.25) is 0 Å². The van der Waals surface area contributed by atoms with Gasteiger partial charge < -0.3 is 20.5 Å². The van der Waals surface area contributed by atoms with Gasteiger partial charge in [-0.2, -0.15) is 0 Å². The summed E-state index contributed by atoms with van der Waals surface area (Å²) in [6.45, 7) is -1.03. The van der Waals surface area contributed by atoms with E-state index in [1.165, 1.54) is 13.0 Å². The zero-order valence-electron chi connectivity index (χ0n) is 18.2. The molecule has 3 N–H and O–H groups in total. The molecule has 6 nitrogen and oxygen atoms in total. The van der Waals surface area contributed by atoms with E-state index in [1.54, 1.807) is 0 Å². The third-order valence-electron chi connectivity index (χ3n) is 3.67. The van der Waals surface area contributed by atoms with Gasteiger partial charge in [-0.3, -0.25) is 4.79 Å². The summed E-state index contributed by atoms with van der Waals surface area (Å²) in [5.74, 6) is -1.40. The minimum atomic E-state index is -3.13. The summed E-state index contributed by atoms with van der Waals surface area (Å²) in [5.41, 5.74) is 6.13. The average Bonchev–Trinajstić information content (AvgIpc) is 2.53. The maximum atomic E-state index is 12.3. The number of ether oxygens (including phenoxy) is 2. The number of esters is 1. The number of nitrogens with two attached hydrogens (primary N) is 1. The Morgan fingerprint density at radius 3 is 2.77 bits per heavy atom. The lowest BCUT2D eigenvalue weighted by Gasteiger charge is -2.36. The van der Waals surface area contributed by atoms with E-state index in [-0.39, 0.29) is 24.0 Å². The second kappa shape index (κ2) is 8.90. The fourth-order valence-corrected chi connectivity index (χ4v) is 2.51. The average molecular weight is 317 g/mol. The Labute approximate surface area is 139 Å². The molecule has 6 heteroatoms. The van der Waals surface area contributed by atoms with Crippen LogP contribution in [0.25, 0.3) is 0 Å². The van der Waals surface area contributed by atoms with Gasteiger partial charge in [0.05, 0.1) is 27.6 Å². The van der Waals surface area contributed by atoms with Crippen molar-refractivity contribution in [2.75, 3.05) is 6.56 Å². The van der Waals surface area contributed by atoms with Gasteiger partial charge in [0.25, 0.3) is 0 Å². The lowest BCUT2D eigenvalue weighted by Crippen LogP contribution is -2.57. The molecule has 0 unspecified atom stereocenters. The van der Waals surface area contributed by atoms with E-state index >= 15 is 0 Å². The lowest BCUT2D eigenvalue weighted by atomic mass is 9.88. The monoisotopic (exact) mass is 317 g/mol. The minimum Gasteiger partial charge on any atom is -0.463 e. The van der Waals surface area contributed by atoms with Crippen molar-refractivity contribution in [3.8, 4) is 0 Å². The van der Waals surface area contributed by atoms with Crippen LogP contribution >= 0.6 is 0 Å². The highest BCUT2D eigenvalue weighted by Crippen LogP contribution is 2.24. The third-order valence-corrected chi connectivity index (χ3v) is 3.67. The zero-order valence-corrected chi connectivity index (χ0v) is 13.2. The van der Waals surface area contributed by atoms with Crippen molar-refractivity contribution in [3.63, 3.8) is 0 Å². The first-order chi connectivity index (χ1) is 12.3.